The molecule has 7 heteroatoms. The maximum absolute atomic E-state index is 11.8. The number of benzene rings is 2. The third kappa shape index (κ3) is 3.73. The Morgan fingerprint density at radius 2 is 1.93 bits per heavy atom. The van der Waals surface area contributed by atoms with E-state index in [1.165, 1.54) is 12.1 Å². The van der Waals surface area contributed by atoms with E-state index in [-0.39, 0.29) is 5.69 Å². The minimum absolute atomic E-state index is 0.00624. The molecule has 144 valence electrons. The van der Waals surface area contributed by atoms with Gasteiger partial charge in [0.15, 0.2) is 0 Å². The van der Waals surface area contributed by atoms with Crippen molar-refractivity contribution >= 4 is 11.6 Å². The molecule has 3 rings (SSSR count). The lowest BCUT2D eigenvalue weighted by Crippen LogP contribution is -2.13. The molecular weight excluding hydrogens is 358 g/mol. The fourth-order valence-corrected chi connectivity index (χ4v) is 3.34. The monoisotopic (exact) mass is 379 g/mol. The molecule has 0 bridgehead atoms. The number of nitro benzene ring substituents is 1. The van der Waals surface area contributed by atoms with Crippen molar-refractivity contribution in [2.75, 3.05) is 7.11 Å². The van der Waals surface area contributed by atoms with Crippen LogP contribution < -0.4 is 10.5 Å². The number of hydrogen-bond donors (Lipinski definition) is 1. The zero-order chi connectivity index (χ0) is 20.3. The van der Waals surface area contributed by atoms with E-state index in [0.717, 1.165) is 17.0 Å². The highest BCUT2D eigenvalue weighted by Crippen LogP contribution is 2.29. The number of primary amides is 1. The van der Waals surface area contributed by atoms with Gasteiger partial charge in [0.25, 0.3) is 11.6 Å². The molecule has 28 heavy (non-hydrogen) atoms. The van der Waals surface area contributed by atoms with Gasteiger partial charge >= 0.3 is 0 Å². The fraction of sp³-hybridized carbons (Fsp3) is 0.190. The molecule has 0 radical (unpaired) electrons. The minimum atomic E-state index is -0.528. The molecule has 3 aromatic rings. The molecule has 0 saturated heterocycles. The molecular formula is C21H21N3O4. The van der Waals surface area contributed by atoms with Gasteiger partial charge in [-0.15, -0.1) is 0 Å². The molecule has 7 nitrogen and oxygen atoms in total. The van der Waals surface area contributed by atoms with Gasteiger partial charge in [0.1, 0.15) is 5.75 Å². The zero-order valence-electron chi connectivity index (χ0n) is 15.7. The first-order valence-electron chi connectivity index (χ1n) is 8.79. The van der Waals surface area contributed by atoms with Crippen LogP contribution in [0, 0.1) is 17.0 Å². The van der Waals surface area contributed by atoms with Crippen LogP contribution in [-0.2, 0) is 13.0 Å². The number of nitrogens with zero attached hydrogens (tertiary/aromatic N) is 2. The van der Waals surface area contributed by atoms with Crippen molar-refractivity contribution in [3.8, 4) is 17.0 Å². The number of methoxy groups -OCH3 is 1. The summed E-state index contributed by atoms with van der Waals surface area (Å²) < 4.78 is 7.37. The molecule has 0 atom stereocenters. The van der Waals surface area contributed by atoms with Crippen molar-refractivity contribution < 1.29 is 14.5 Å². The van der Waals surface area contributed by atoms with Crippen LogP contribution in [0.3, 0.4) is 0 Å². The first kappa shape index (κ1) is 19.2. The number of rotatable bonds is 7. The molecule has 0 saturated carbocycles. The maximum Gasteiger partial charge on any atom is 0.270 e. The minimum Gasteiger partial charge on any atom is -0.496 e. The van der Waals surface area contributed by atoms with Gasteiger partial charge in [-0.2, -0.15) is 0 Å². The Morgan fingerprint density at radius 3 is 2.61 bits per heavy atom. The smallest absolute Gasteiger partial charge is 0.270 e. The van der Waals surface area contributed by atoms with Crippen molar-refractivity contribution in [2.45, 2.75) is 19.9 Å². The van der Waals surface area contributed by atoms with E-state index in [4.69, 9.17) is 10.5 Å². The summed E-state index contributed by atoms with van der Waals surface area (Å²) in [6.07, 6.45) is 0.666. The lowest BCUT2D eigenvalue weighted by molar-refractivity contribution is -0.384. The van der Waals surface area contributed by atoms with E-state index < -0.39 is 10.8 Å². The number of para-hydroxylation sites is 1. The van der Waals surface area contributed by atoms with E-state index >= 15 is 0 Å². The number of non-ortho nitro benzene ring substituents is 1. The van der Waals surface area contributed by atoms with Crippen LogP contribution in [0.4, 0.5) is 5.69 Å². The van der Waals surface area contributed by atoms with E-state index in [1.807, 2.05) is 35.8 Å². The van der Waals surface area contributed by atoms with Crippen molar-refractivity contribution in [1.29, 1.82) is 0 Å². The molecule has 0 aliphatic rings. The number of aryl methyl sites for hydroxylation is 1. The number of aromatic nitrogens is 1. The highest BCUT2D eigenvalue weighted by atomic mass is 16.6. The molecule has 0 aliphatic heterocycles. The second kappa shape index (κ2) is 7.96. The number of nitro groups is 1. The summed E-state index contributed by atoms with van der Waals surface area (Å²) in [6, 6.07) is 15.8. The van der Waals surface area contributed by atoms with Gasteiger partial charge < -0.3 is 15.0 Å². The van der Waals surface area contributed by atoms with Gasteiger partial charge in [-0.05, 0) is 31.0 Å². The van der Waals surface area contributed by atoms with Crippen LogP contribution in [0.15, 0.2) is 54.6 Å². The Morgan fingerprint density at radius 1 is 1.18 bits per heavy atom. The molecule has 1 aromatic heterocycles. The van der Waals surface area contributed by atoms with Gasteiger partial charge in [0.2, 0.25) is 0 Å². The number of amides is 1. The Balaban J connectivity index is 2.03. The highest BCUT2D eigenvalue weighted by molar-refractivity contribution is 5.95. The fourth-order valence-electron chi connectivity index (χ4n) is 3.34. The van der Waals surface area contributed by atoms with Crippen molar-refractivity contribution in [3.05, 3.63) is 81.5 Å². The maximum atomic E-state index is 11.8. The second-order valence-corrected chi connectivity index (χ2v) is 6.41. The summed E-state index contributed by atoms with van der Waals surface area (Å²) in [7, 11) is 1.62. The molecule has 0 unspecified atom stereocenters. The Bertz CT molecular complexity index is 1040. The van der Waals surface area contributed by atoms with E-state index in [9.17, 15) is 14.9 Å². The standard InChI is InChI=1S/C21H21N3O4/c1-14-18(21(22)25)13-19(16-7-5-8-17(12-16)24(26)27)23(14)11-10-15-6-3-4-9-20(15)28-2/h3-9,12-13H,10-11H2,1-2H3,(H2,22,25). The van der Waals surface area contributed by atoms with E-state index in [0.29, 0.717) is 29.8 Å². The number of nitrogens with two attached hydrogens (primary N) is 1. The van der Waals surface area contributed by atoms with Crippen molar-refractivity contribution in [1.82, 2.24) is 4.57 Å². The predicted octanol–water partition coefficient (Wildman–Crippen LogP) is 3.72. The second-order valence-electron chi connectivity index (χ2n) is 6.41. The summed E-state index contributed by atoms with van der Waals surface area (Å²) >= 11 is 0. The quantitative estimate of drug-likeness (QED) is 0.499. The Kier molecular flexibility index (Phi) is 5.44. The first-order chi connectivity index (χ1) is 13.4. The summed E-state index contributed by atoms with van der Waals surface area (Å²) in [5.41, 5.74) is 9.05. The van der Waals surface area contributed by atoms with Crippen LogP contribution >= 0.6 is 0 Å². The summed E-state index contributed by atoms with van der Waals surface area (Å²) in [5, 5.41) is 11.1. The molecule has 2 aromatic carbocycles. The topological polar surface area (TPSA) is 100 Å². The van der Waals surface area contributed by atoms with Crippen LogP contribution in [0.1, 0.15) is 21.6 Å². The summed E-state index contributed by atoms with van der Waals surface area (Å²) in [5.74, 6) is 0.263. The van der Waals surface area contributed by atoms with Gasteiger partial charge in [-0.3, -0.25) is 14.9 Å². The highest BCUT2D eigenvalue weighted by Gasteiger charge is 2.18. The molecule has 0 fully saturated rings. The van der Waals surface area contributed by atoms with Crippen LogP contribution in [0.5, 0.6) is 5.75 Å². The summed E-state index contributed by atoms with van der Waals surface area (Å²) in [4.78, 5) is 22.6. The molecule has 1 amide bonds. The number of carbonyl (C=O) groups excluding carboxylic acids is 1. The third-order valence-electron chi connectivity index (χ3n) is 4.78. The Labute approximate surface area is 162 Å². The predicted molar refractivity (Wildman–Crippen MR) is 106 cm³/mol. The van der Waals surface area contributed by atoms with E-state index in [1.54, 1.807) is 25.3 Å². The molecule has 1 heterocycles. The van der Waals surface area contributed by atoms with Crippen LogP contribution in [0.25, 0.3) is 11.3 Å². The average molecular weight is 379 g/mol. The van der Waals surface area contributed by atoms with Crippen LogP contribution in [-0.4, -0.2) is 22.5 Å². The largest absolute Gasteiger partial charge is 0.496 e. The van der Waals surface area contributed by atoms with Crippen LogP contribution in [0.2, 0.25) is 0 Å². The van der Waals surface area contributed by atoms with Gasteiger partial charge in [-0.1, -0.05) is 30.3 Å². The normalized spacial score (nSPS) is 10.6. The summed E-state index contributed by atoms with van der Waals surface area (Å²) in [6.45, 7) is 2.39. The lowest BCUT2D eigenvalue weighted by Gasteiger charge is -2.14. The van der Waals surface area contributed by atoms with Gasteiger partial charge in [0.05, 0.1) is 17.6 Å². The van der Waals surface area contributed by atoms with Gasteiger partial charge in [0, 0.05) is 35.6 Å². The molecule has 2 N–H and O–H groups in total. The number of ether oxygens (including phenoxy) is 1. The van der Waals surface area contributed by atoms with Crippen molar-refractivity contribution in [3.63, 3.8) is 0 Å². The zero-order valence-corrected chi connectivity index (χ0v) is 15.7. The first-order valence-corrected chi connectivity index (χ1v) is 8.79. The molecule has 0 aliphatic carbocycles. The molecule has 0 spiro atoms. The Hall–Kier alpha value is -3.61. The van der Waals surface area contributed by atoms with Crippen molar-refractivity contribution in [2.24, 2.45) is 5.73 Å². The number of carbonyl (C=O) groups is 1. The number of hydrogen-bond acceptors (Lipinski definition) is 4. The van der Waals surface area contributed by atoms with Gasteiger partial charge in [-0.25, -0.2) is 0 Å². The van der Waals surface area contributed by atoms with E-state index in [2.05, 4.69) is 0 Å². The SMILES string of the molecule is COc1ccccc1CCn1c(-c2cccc([N+](=O)[O-])c2)cc(C(N)=O)c1C. The average Bonchev–Trinajstić information content (AvgIpc) is 3.03. The third-order valence-corrected chi connectivity index (χ3v) is 4.78. The lowest BCUT2D eigenvalue weighted by atomic mass is 10.1.